The number of ether oxygens (including phenoxy) is 2. The molecule has 10 heteroatoms. The van der Waals surface area contributed by atoms with Gasteiger partial charge in [-0.05, 0) is 13.8 Å². The highest BCUT2D eigenvalue weighted by atomic mass is 32.1. The predicted molar refractivity (Wildman–Crippen MR) is 114 cm³/mol. The molecular formula is C19H28N6O3S. The molecule has 2 aromatic heterocycles. The van der Waals surface area contributed by atoms with Crippen molar-refractivity contribution in [2.24, 2.45) is 0 Å². The van der Waals surface area contributed by atoms with Gasteiger partial charge in [-0.15, -0.1) is 0 Å². The van der Waals surface area contributed by atoms with Gasteiger partial charge in [0.2, 0.25) is 0 Å². The maximum absolute atomic E-state index is 10.8. The van der Waals surface area contributed by atoms with Gasteiger partial charge < -0.3 is 19.7 Å². The van der Waals surface area contributed by atoms with Crippen molar-refractivity contribution < 1.29 is 14.3 Å². The van der Waals surface area contributed by atoms with Crippen LogP contribution >= 0.6 is 11.3 Å². The summed E-state index contributed by atoms with van der Waals surface area (Å²) in [5.41, 5.74) is 0. The molecule has 0 saturated carbocycles. The molecule has 3 heterocycles. The maximum Gasteiger partial charge on any atom is 0.188 e. The summed E-state index contributed by atoms with van der Waals surface area (Å²) in [5, 5.41) is 3.81. The molecule has 1 N–H and O–H groups in total. The fraction of sp³-hybridized carbons (Fsp3) is 0.579. The van der Waals surface area contributed by atoms with Crippen LogP contribution < -0.4 is 10.2 Å². The SMILES string of the molecule is CCOCCOCCN1CCN(c2cc(Nc3ncc(C=O)s3)nc(C)n2)CC1. The van der Waals surface area contributed by atoms with Gasteiger partial charge in [0.15, 0.2) is 11.4 Å². The number of nitrogens with one attached hydrogen (secondary N) is 1. The van der Waals surface area contributed by atoms with E-state index in [0.717, 1.165) is 58.0 Å². The molecule has 158 valence electrons. The number of carbonyl (C=O) groups is 1. The van der Waals surface area contributed by atoms with Crippen molar-refractivity contribution in [2.45, 2.75) is 13.8 Å². The Hall–Kier alpha value is -2.14. The molecule has 0 amide bonds. The zero-order valence-corrected chi connectivity index (χ0v) is 17.8. The normalized spacial score (nSPS) is 14.9. The van der Waals surface area contributed by atoms with Crippen molar-refractivity contribution in [1.29, 1.82) is 0 Å². The summed E-state index contributed by atoms with van der Waals surface area (Å²) in [6.45, 7) is 11.3. The number of hydrogen-bond acceptors (Lipinski definition) is 10. The van der Waals surface area contributed by atoms with Gasteiger partial charge in [0.25, 0.3) is 0 Å². The van der Waals surface area contributed by atoms with Crippen LogP contribution in [0.25, 0.3) is 0 Å². The summed E-state index contributed by atoms with van der Waals surface area (Å²) in [6, 6.07) is 1.93. The molecule has 0 radical (unpaired) electrons. The minimum Gasteiger partial charge on any atom is -0.379 e. The molecule has 1 saturated heterocycles. The first-order valence-electron chi connectivity index (χ1n) is 9.84. The molecule has 0 unspecified atom stereocenters. The topological polar surface area (TPSA) is 92.7 Å². The number of carbonyl (C=O) groups excluding carboxylic acids is 1. The van der Waals surface area contributed by atoms with Crippen LogP contribution in [0.5, 0.6) is 0 Å². The largest absolute Gasteiger partial charge is 0.379 e. The summed E-state index contributed by atoms with van der Waals surface area (Å²) in [6.07, 6.45) is 2.34. The average molecular weight is 421 g/mol. The number of anilines is 3. The van der Waals surface area contributed by atoms with Gasteiger partial charge in [0.05, 0.1) is 30.9 Å². The standard InChI is InChI=1S/C19H28N6O3S/c1-3-27-10-11-28-9-8-24-4-6-25(7-5-24)18-12-17(21-15(2)22-18)23-19-20-13-16(14-26)29-19/h12-14H,3-11H2,1-2H3,(H,20,21,22,23). The minimum atomic E-state index is 0.580. The third-order valence-electron chi connectivity index (χ3n) is 4.52. The molecule has 29 heavy (non-hydrogen) atoms. The van der Waals surface area contributed by atoms with E-state index in [1.807, 2.05) is 19.9 Å². The van der Waals surface area contributed by atoms with Crippen LogP contribution in [0.15, 0.2) is 12.3 Å². The Morgan fingerprint density at radius 1 is 1.17 bits per heavy atom. The van der Waals surface area contributed by atoms with Gasteiger partial charge in [0.1, 0.15) is 17.5 Å². The smallest absolute Gasteiger partial charge is 0.188 e. The lowest BCUT2D eigenvalue weighted by Crippen LogP contribution is -2.47. The van der Waals surface area contributed by atoms with Crippen molar-refractivity contribution in [2.75, 3.05) is 69.4 Å². The summed E-state index contributed by atoms with van der Waals surface area (Å²) < 4.78 is 10.9. The summed E-state index contributed by atoms with van der Waals surface area (Å²) in [7, 11) is 0. The first-order valence-corrected chi connectivity index (χ1v) is 10.7. The number of piperazine rings is 1. The molecule has 0 spiro atoms. The number of aldehydes is 1. The summed E-state index contributed by atoms with van der Waals surface area (Å²) in [5.74, 6) is 2.28. The molecule has 0 aromatic carbocycles. The average Bonchev–Trinajstić information content (AvgIpc) is 3.18. The molecule has 1 aliphatic rings. The highest BCUT2D eigenvalue weighted by Crippen LogP contribution is 2.23. The lowest BCUT2D eigenvalue weighted by atomic mass is 10.3. The molecule has 2 aromatic rings. The van der Waals surface area contributed by atoms with Gasteiger partial charge in [-0.3, -0.25) is 9.69 Å². The van der Waals surface area contributed by atoms with E-state index in [9.17, 15) is 4.79 Å². The van der Waals surface area contributed by atoms with Gasteiger partial charge in [-0.25, -0.2) is 15.0 Å². The number of aromatic nitrogens is 3. The van der Waals surface area contributed by atoms with Gasteiger partial charge in [0, 0.05) is 45.4 Å². The van der Waals surface area contributed by atoms with Crippen molar-refractivity contribution in [3.63, 3.8) is 0 Å². The van der Waals surface area contributed by atoms with Crippen molar-refractivity contribution in [3.8, 4) is 0 Å². The Morgan fingerprint density at radius 3 is 2.69 bits per heavy atom. The fourth-order valence-electron chi connectivity index (χ4n) is 3.04. The van der Waals surface area contributed by atoms with Gasteiger partial charge >= 0.3 is 0 Å². The lowest BCUT2D eigenvalue weighted by molar-refractivity contribution is 0.0422. The second kappa shape index (κ2) is 11.1. The van der Waals surface area contributed by atoms with Crippen LogP contribution in [0.3, 0.4) is 0 Å². The quantitative estimate of drug-likeness (QED) is 0.432. The second-order valence-electron chi connectivity index (χ2n) is 6.61. The molecule has 0 bridgehead atoms. The Balaban J connectivity index is 1.48. The lowest BCUT2D eigenvalue weighted by Gasteiger charge is -2.35. The van der Waals surface area contributed by atoms with E-state index < -0.39 is 0 Å². The number of thiazole rings is 1. The molecule has 1 aliphatic heterocycles. The molecular weight excluding hydrogens is 392 g/mol. The van der Waals surface area contributed by atoms with E-state index in [0.29, 0.717) is 34.9 Å². The Kier molecular flexibility index (Phi) is 8.29. The first-order chi connectivity index (χ1) is 14.2. The van der Waals surface area contributed by atoms with E-state index in [-0.39, 0.29) is 0 Å². The highest BCUT2D eigenvalue weighted by Gasteiger charge is 2.19. The van der Waals surface area contributed by atoms with Crippen LogP contribution in [0, 0.1) is 6.92 Å². The van der Waals surface area contributed by atoms with Crippen LogP contribution in [0.4, 0.5) is 16.8 Å². The van der Waals surface area contributed by atoms with Gasteiger partial charge in [-0.1, -0.05) is 11.3 Å². The van der Waals surface area contributed by atoms with Crippen molar-refractivity contribution in [1.82, 2.24) is 19.9 Å². The Bertz CT molecular complexity index is 779. The Morgan fingerprint density at radius 2 is 1.97 bits per heavy atom. The number of hydrogen-bond donors (Lipinski definition) is 1. The van der Waals surface area contributed by atoms with Crippen LogP contribution in [0.1, 0.15) is 22.4 Å². The van der Waals surface area contributed by atoms with Crippen LogP contribution in [-0.2, 0) is 9.47 Å². The molecule has 0 atom stereocenters. The zero-order chi connectivity index (χ0) is 20.5. The predicted octanol–water partition coefficient (Wildman–Crippen LogP) is 1.97. The fourth-order valence-corrected chi connectivity index (χ4v) is 3.68. The maximum atomic E-state index is 10.8. The third-order valence-corrected chi connectivity index (χ3v) is 5.36. The molecule has 9 nitrogen and oxygen atoms in total. The minimum absolute atomic E-state index is 0.580. The second-order valence-corrected chi connectivity index (χ2v) is 7.67. The molecule has 0 aliphatic carbocycles. The monoisotopic (exact) mass is 420 g/mol. The molecule has 3 rings (SSSR count). The van der Waals surface area contributed by atoms with E-state index in [4.69, 9.17) is 9.47 Å². The van der Waals surface area contributed by atoms with Crippen LogP contribution in [-0.4, -0.2) is 85.3 Å². The first kappa shape index (κ1) is 21.6. The van der Waals surface area contributed by atoms with E-state index in [1.165, 1.54) is 11.3 Å². The van der Waals surface area contributed by atoms with Crippen molar-refractivity contribution in [3.05, 3.63) is 23.0 Å². The number of rotatable bonds is 11. The molecule has 1 fully saturated rings. The van der Waals surface area contributed by atoms with Crippen LogP contribution in [0.2, 0.25) is 0 Å². The highest BCUT2D eigenvalue weighted by molar-refractivity contribution is 7.17. The summed E-state index contributed by atoms with van der Waals surface area (Å²) in [4.78, 5) is 29.3. The van der Waals surface area contributed by atoms with Gasteiger partial charge in [-0.2, -0.15) is 0 Å². The van der Waals surface area contributed by atoms with Crippen molar-refractivity contribution >= 4 is 34.4 Å². The Labute approximate surface area is 175 Å². The number of nitrogens with zero attached hydrogens (tertiary/aromatic N) is 5. The zero-order valence-electron chi connectivity index (χ0n) is 17.0. The third kappa shape index (κ3) is 6.70. The van der Waals surface area contributed by atoms with E-state index in [1.54, 1.807) is 6.20 Å². The van der Waals surface area contributed by atoms with E-state index in [2.05, 4.69) is 30.1 Å². The van der Waals surface area contributed by atoms with E-state index >= 15 is 0 Å². The number of aryl methyl sites for hydroxylation is 1. The summed E-state index contributed by atoms with van der Waals surface area (Å²) >= 11 is 1.30.